The van der Waals surface area contributed by atoms with Gasteiger partial charge in [0.25, 0.3) is 0 Å². The molecule has 2 N–H and O–H groups in total. The first kappa shape index (κ1) is 22.1. The number of alkyl halides is 2. The smallest absolute Gasteiger partial charge is 0.407 e. The fraction of sp³-hybridized carbons (Fsp3) is 0.562. The molecule has 26 heavy (non-hydrogen) atoms. The second kappa shape index (κ2) is 10.3. The summed E-state index contributed by atoms with van der Waals surface area (Å²) in [5, 5.41) is 2.58. The highest BCUT2D eigenvalue weighted by Gasteiger charge is 2.23. The van der Waals surface area contributed by atoms with Gasteiger partial charge < -0.3 is 14.8 Å². The number of hydrogen-bond donors (Lipinski definition) is 2. The molecule has 0 aliphatic carbocycles. The van der Waals surface area contributed by atoms with Crippen LogP contribution in [0, 0.1) is 5.92 Å². The van der Waals surface area contributed by atoms with Crippen molar-refractivity contribution in [1.29, 1.82) is 0 Å². The van der Waals surface area contributed by atoms with Crippen LogP contribution in [0.2, 0.25) is 0 Å². The molecule has 0 saturated heterocycles. The Balaban J connectivity index is 2.88. The summed E-state index contributed by atoms with van der Waals surface area (Å²) < 4.78 is 61.2. The van der Waals surface area contributed by atoms with E-state index in [2.05, 4.69) is 14.8 Å². The van der Waals surface area contributed by atoms with Gasteiger partial charge in [0.05, 0.1) is 6.61 Å². The van der Waals surface area contributed by atoms with Crippen molar-refractivity contribution in [3.63, 3.8) is 0 Å². The highest BCUT2D eigenvalue weighted by molar-refractivity contribution is 7.89. The molecule has 1 unspecified atom stereocenters. The van der Waals surface area contributed by atoms with Crippen molar-refractivity contribution in [3.8, 4) is 5.75 Å². The second-order valence-corrected chi connectivity index (χ2v) is 7.60. The number of hydrogen-bond acceptors (Lipinski definition) is 5. The Bertz CT molecular complexity index is 683. The van der Waals surface area contributed by atoms with Gasteiger partial charge in [-0.2, -0.15) is 8.78 Å². The van der Waals surface area contributed by atoms with Crippen molar-refractivity contribution < 1.29 is 31.5 Å². The first-order valence-corrected chi connectivity index (χ1v) is 9.60. The summed E-state index contributed by atoms with van der Waals surface area (Å²) in [5.74, 6) is -0.269. The number of ether oxygens (including phenoxy) is 2. The number of carbonyl (C=O) groups excluding carboxylic acids is 1. The van der Waals surface area contributed by atoms with Gasteiger partial charge >= 0.3 is 12.7 Å². The maximum atomic E-state index is 12.5. The zero-order chi connectivity index (χ0) is 19.7. The lowest BCUT2D eigenvalue weighted by Crippen LogP contribution is -2.44. The average Bonchev–Trinajstić information content (AvgIpc) is 2.52. The topological polar surface area (TPSA) is 93.7 Å². The largest absolute Gasteiger partial charge is 0.450 e. The first-order chi connectivity index (χ1) is 12.2. The molecule has 1 aromatic carbocycles. The SMILES string of the molecule is CCOC(=O)NC(CNS(=O)(=O)c1ccccc1OC(F)F)CC(C)C. The zero-order valence-corrected chi connectivity index (χ0v) is 15.7. The minimum atomic E-state index is -4.12. The summed E-state index contributed by atoms with van der Waals surface area (Å²) in [7, 11) is -4.12. The number of amides is 1. The summed E-state index contributed by atoms with van der Waals surface area (Å²) in [6, 6.07) is 4.57. The molecule has 0 fully saturated rings. The number of halogens is 2. The minimum absolute atomic E-state index is 0.123. The van der Waals surface area contributed by atoms with E-state index in [4.69, 9.17) is 4.74 Å². The molecule has 1 atom stereocenters. The van der Waals surface area contributed by atoms with E-state index in [0.29, 0.717) is 6.42 Å². The summed E-state index contributed by atoms with van der Waals surface area (Å²) in [6.07, 6.45) is -0.157. The van der Waals surface area contributed by atoms with Crippen molar-refractivity contribution in [2.45, 2.75) is 44.7 Å². The molecule has 0 aliphatic heterocycles. The Kier molecular flexibility index (Phi) is 8.73. The fourth-order valence-electron chi connectivity index (χ4n) is 2.26. The van der Waals surface area contributed by atoms with Crippen molar-refractivity contribution >= 4 is 16.1 Å². The minimum Gasteiger partial charge on any atom is -0.450 e. The fourth-order valence-corrected chi connectivity index (χ4v) is 3.47. The van der Waals surface area contributed by atoms with Crippen molar-refractivity contribution in [2.75, 3.05) is 13.2 Å². The van der Waals surface area contributed by atoms with Gasteiger partial charge in [-0.3, -0.25) is 0 Å². The van der Waals surface area contributed by atoms with Crippen LogP contribution in [0.3, 0.4) is 0 Å². The van der Waals surface area contributed by atoms with Gasteiger partial charge in [-0.05, 0) is 31.4 Å². The number of alkyl carbamates (subject to hydrolysis) is 1. The maximum Gasteiger partial charge on any atom is 0.407 e. The molecule has 0 radical (unpaired) electrons. The molecule has 0 spiro atoms. The molecule has 0 bridgehead atoms. The second-order valence-electron chi connectivity index (χ2n) is 5.87. The van der Waals surface area contributed by atoms with E-state index in [-0.39, 0.29) is 19.1 Å². The summed E-state index contributed by atoms with van der Waals surface area (Å²) in [6.45, 7) is 2.40. The van der Waals surface area contributed by atoms with Gasteiger partial charge in [-0.1, -0.05) is 26.0 Å². The summed E-state index contributed by atoms with van der Waals surface area (Å²) in [5.41, 5.74) is 0. The van der Waals surface area contributed by atoms with Gasteiger partial charge in [-0.15, -0.1) is 0 Å². The van der Waals surface area contributed by atoms with Crippen molar-refractivity contribution in [3.05, 3.63) is 24.3 Å². The van der Waals surface area contributed by atoms with Crippen LogP contribution >= 0.6 is 0 Å². The van der Waals surface area contributed by atoms with E-state index in [1.165, 1.54) is 12.1 Å². The van der Waals surface area contributed by atoms with Crippen LogP contribution in [0.4, 0.5) is 13.6 Å². The predicted molar refractivity (Wildman–Crippen MR) is 91.7 cm³/mol. The number of sulfonamides is 1. The Morgan fingerprint density at radius 1 is 1.23 bits per heavy atom. The van der Waals surface area contributed by atoms with Crippen LogP contribution in [-0.4, -0.2) is 40.3 Å². The molecule has 1 amide bonds. The van der Waals surface area contributed by atoms with Crippen LogP contribution in [0.25, 0.3) is 0 Å². The number of para-hydroxylation sites is 1. The van der Waals surface area contributed by atoms with Gasteiger partial charge in [-0.25, -0.2) is 17.9 Å². The van der Waals surface area contributed by atoms with Gasteiger partial charge in [0, 0.05) is 12.6 Å². The van der Waals surface area contributed by atoms with Gasteiger partial charge in [0.1, 0.15) is 10.6 Å². The molecule has 10 heteroatoms. The Morgan fingerprint density at radius 2 is 1.88 bits per heavy atom. The Morgan fingerprint density at radius 3 is 2.46 bits per heavy atom. The van der Waals surface area contributed by atoms with E-state index in [1.54, 1.807) is 6.92 Å². The third-order valence-corrected chi connectivity index (χ3v) is 4.69. The lowest BCUT2D eigenvalue weighted by Gasteiger charge is -2.21. The molecule has 0 heterocycles. The monoisotopic (exact) mass is 394 g/mol. The van der Waals surface area contributed by atoms with Crippen molar-refractivity contribution in [1.82, 2.24) is 10.0 Å². The first-order valence-electron chi connectivity index (χ1n) is 8.12. The van der Waals surface area contributed by atoms with Crippen LogP contribution in [0.15, 0.2) is 29.2 Å². The standard InChI is InChI=1S/C16H24F2N2O5S/c1-4-24-16(21)20-12(9-11(2)3)10-19-26(22,23)14-8-6-5-7-13(14)25-15(17)18/h5-8,11-12,15,19H,4,9-10H2,1-3H3,(H,20,21). The van der Waals surface area contributed by atoms with E-state index in [1.807, 2.05) is 13.8 Å². The van der Waals surface area contributed by atoms with Crippen LogP contribution in [-0.2, 0) is 14.8 Å². The molecule has 0 aromatic heterocycles. The van der Waals surface area contributed by atoms with Gasteiger partial charge in [0.2, 0.25) is 10.0 Å². The molecule has 0 saturated carbocycles. The number of rotatable bonds is 10. The maximum absolute atomic E-state index is 12.5. The quantitative estimate of drug-likeness (QED) is 0.636. The molecule has 1 rings (SSSR count). The molecule has 1 aromatic rings. The van der Waals surface area contributed by atoms with E-state index >= 15 is 0 Å². The highest BCUT2D eigenvalue weighted by Crippen LogP contribution is 2.24. The van der Waals surface area contributed by atoms with E-state index in [0.717, 1.165) is 12.1 Å². The third kappa shape index (κ3) is 7.52. The number of carbonyl (C=O) groups is 1. The van der Waals surface area contributed by atoms with Crippen LogP contribution in [0.5, 0.6) is 5.75 Å². The molecular formula is C16H24F2N2O5S. The lowest BCUT2D eigenvalue weighted by atomic mass is 10.0. The highest BCUT2D eigenvalue weighted by atomic mass is 32.2. The van der Waals surface area contributed by atoms with Crippen molar-refractivity contribution in [2.24, 2.45) is 5.92 Å². The normalized spacial score (nSPS) is 12.9. The summed E-state index contributed by atoms with van der Waals surface area (Å²) in [4.78, 5) is 11.2. The van der Waals surface area contributed by atoms with E-state index in [9.17, 15) is 22.0 Å². The lowest BCUT2D eigenvalue weighted by molar-refractivity contribution is -0.0517. The van der Waals surface area contributed by atoms with E-state index < -0.39 is 39.4 Å². The third-order valence-electron chi connectivity index (χ3n) is 3.23. The molecule has 7 nitrogen and oxygen atoms in total. The number of benzene rings is 1. The Labute approximate surface area is 152 Å². The van der Waals surface area contributed by atoms with Gasteiger partial charge in [0.15, 0.2) is 0 Å². The van der Waals surface area contributed by atoms with Crippen LogP contribution < -0.4 is 14.8 Å². The Hall–Kier alpha value is -1.94. The molecular weight excluding hydrogens is 370 g/mol. The summed E-state index contributed by atoms with van der Waals surface area (Å²) >= 11 is 0. The van der Waals surface area contributed by atoms with Crippen LogP contribution in [0.1, 0.15) is 27.2 Å². The predicted octanol–water partition coefficient (Wildman–Crippen LogP) is 2.73. The number of nitrogens with one attached hydrogen (secondary N) is 2. The molecule has 0 aliphatic rings. The molecule has 148 valence electrons. The average molecular weight is 394 g/mol. The zero-order valence-electron chi connectivity index (χ0n) is 14.9.